The molecule has 3 aromatic rings. The average Bonchev–Trinajstić information content (AvgIpc) is 3.44. The second kappa shape index (κ2) is 9.77. The van der Waals surface area contributed by atoms with Crippen molar-refractivity contribution in [1.82, 2.24) is 4.90 Å². The molecule has 0 saturated carbocycles. The van der Waals surface area contributed by atoms with E-state index in [1.54, 1.807) is 29.2 Å². The minimum atomic E-state index is -0.229. The molecule has 168 valence electrons. The third kappa shape index (κ3) is 5.20. The summed E-state index contributed by atoms with van der Waals surface area (Å²) in [5.41, 5.74) is 2.07. The largest absolute Gasteiger partial charge is 0.457 e. The number of carbonyl (C=O) groups is 1. The van der Waals surface area contributed by atoms with Crippen molar-refractivity contribution >= 4 is 52.1 Å². The van der Waals surface area contributed by atoms with Crippen LogP contribution in [0.5, 0.6) is 0 Å². The molecule has 5 nitrogen and oxygen atoms in total. The van der Waals surface area contributed by atoms with Gasteiger partial charge in [0.15, 0.2) is 5.17 Å². The normalized spacial score (nSPS) is 18.2. The first-order chi connectivity index (χ1) is 16.0. The van der Waals surface area contributed by atoms with E-state index in [1.807, 2.05) is 18.2 Å². The van der Waals surface area contributed by atoms with Crippen LogP contribution in [-0.4, -0.2) is 42.2 Å². The Morgan fingerprint density at radius 2 is 1.85 bits per heavy atom. The van der Waals surface area contributed by atoms with Gasteiger partial charge < -0.3 is 14.2 Å². The van der Waals surface area contributed by atoms with Crippen LogP contribution in [0.4, 0.5) is 0 Å². The summed E-state index contributed by atoms with van der Waals surface area (Å²) in [6, 6.07) is 19.4. The van der Waals surface area contributed by atoms with E-state index in [9.17, 15) is 4.79 Å². The highest BCUT2D eigenvalue weighted by Crippen LogP contribution is 2.34. The fraction of sp³-hybridized carbons (Fsp3) is 0.200. The number of halogens is 2. The summed E-state index contributed by atoms with van der Waals surface area (Å²) in [5.74, 6) is 0.946. The molecule has 5 rings (SSSR count). The topological polar surface area (TPSA) is 50.2 Å². The van der Waals surface area contributed by atoms with Crippen molar-refractivity contribution in [2.24, 2.45) is 4.99 Å². The van der Waals surface area contributed by atoms with Crippen molar-refractivity contribution in [1.29, 1.82) is 0 Å². The van der Waals surface area contributed by atoms with E-state index in [2.05, 4.69) is 34.2 Å². The molecule has 8 heteroatoms. The summed E-state index contributed by atoms with van der Waals surface area (Å²) in [6.07, 6.45) is 1.74. The van der Waals surface area contributed by atoms with Crippen molar-refractivity contribution in [3.05, 3.63) is 86.9 Å². The maximum Gasteiger partial charge on any atom is 0.286 e. The van der Waals surface area contributed by atoms with E-state index in [4.69, 9.17) is 27.6 Å². The molecule has 2 aromatic carbocycles. The lowest BCUT2D eigenvalue weighted by molar-refractivity contribution is -0.917. The summed E-state index contributed by atoms with van der Waals surface area (Å²) in [6.45, 7) is 4.82. The van der Waals surface area contributed by atoms with Crippen LogP contribution in [0.2, 0.25) is 10.0 Å². The fourth-order valence-electron chi connectivity index (χ4n) is 4.00. The SMILES string of the molecule is O=C1N=C(N2CC[NH+](Cc3ccccc3)CC2)S/C1=C/c1ccc(-c2cc(Cl)ccc2Cl)o1. The molecule has 33 heavy (non-hydrogen) atoms. The summed E-state index contributed by atoms with van der Waals surface area (Å²) in [4.78, 5) is 21.1. The molecule has 0 radical (unpaired) electrons. The fourth-order valence-corrected chi connectivity index (χ4v) is 5.33. The molecule has 1 N–H and O–H groups in total. The number of nitrogens with one attached hydrogen (secondary N) is 1. The van der Waals surface area contributed by atoms with E-state index in [0.717, 1.165) is 37.9 Å². The number of amidine groups is 1. The van der Waals surface area contributed by atoms with E-state index >= 15 is 0 Å². The van der Waals surface area contributed by atoms with Gasteiger partial charge in [-0.15, -0.1) is 0 Å². The van der Waals surface area contributed by atoms with Gasteiger partial charge in [0, 0.05) is 22.2 Å². The Hall–Kier alpha value is -2.51. The number of hydrogen-bond donors (Lipinski definition) is 1. The molecule has 1 aromatic heterocycles. The lowest BCUT2D eigenvalue weighted by Gasteiger charge is -2.32. The Bertz CT molecular complexity index is 1230. The number of quaternary nitrogens is 1. The molecule has 0 bridgehead atoms. The molecular formula is C25H22Cl2N3O2S+. The molecule has 0 aliphatic carbocycles. The van der Waals surface area contributed by atoms with Crippen LogP contribution in [0.3, 0.4) is 0 Å². The van der Waals surface area contributed by atoms with Gasteiger partial charge in [-0.2, -0.15) is 4.99 Å². The van der Waals surface area contributed by atoms with Gasteiger partial charge in [-0.05, 0) is 42.1 Å². The van der Waals surface area contributed by atoms with Gasteiger partial charge in [0.1, 0.15) is 18.1 Å². The highest BCUT2D eigenvalue weighted by molar-refractivity contribution is 8.18. The summed E-state index contributed by atoms with van der Waals surface area (Å²) in [7, 11) is 0. The Balaban J connectivity index is 1.22. The zero-order valence-corrected chi connectivity index (χ0v) is 20.1. The first kappa shape index (κ1) is 22.3. The van der Waals surface area contributed by atoms with Crippen LogP contribution >= 0.6 is 35.0 Å². The summed E-state index contributed by atoms with van der Waals surface area (Å²) in [5, 5.41) is 1.91. The van der Waals surface area contributed by atoms with Gasteiger partial charge >= 0.3 is 0 Å². The van der Waals surface area contributed by atoms with E-state index in [1.165, 1.54) is 17.3 Å². The van der Waals surface area contributed by atoms with Gasteiger partial charge in [0.25, 0.3) is 5.91 Å². The number of aliphatic imine (C=N–C) groups is 1. The zero-order valence-electron chi connectivity index (χ0n) is 17.8. The number of piperazine rings is 1. The zero-order chi connectivity index (χ0) is 22.8. The van der Waals surface area contributed by atoms with Crippen molar-refractivity contribution in [3.63, 3.8) is 0 Å². The Morgan fingerprint density at radius 3 is 2.64 bits per heavy atom. The van der Waals surface area contributed by atoms with Crippen LogP contribution in [0, 0.1) is 0 Å². The van der Waals surface area contributed by atoms with Crippen LogP contribution in [0.1, 0.15) is 11.3 Å². The monoisotopic (exact) mass is 498 g/mol. The second-order valence-electron chi connectivity index (χ2n) is 8.04. The third-order valence-electron chi connectivity index (χ3n) is 5.74. The predicted molar refractivity (Wildman–Crippen MR) is 135 cm³/mol. The summed E-state index contributed by atoms with van der Waals surface area (Å²) >= 11 is 13.8. The molecule has 3 heterocycles. The lowest BCUT2D eigenvalue weighted by Crippen LogP contribution is -3.13. The molecule has 0 atom stereocenters. The lowest BCUT2D eigenvalue weighted by atomic mass is 10.2. The Kier molecular flexibility index (Phi) is 6.60. The molecule has 0 spiro atoms. The van der Waals surface area contributed by atoms with Gasteiger partial charge in [0.2, 0.25) is 0 Å². The van der Waals surface area contributed by atoms with Gasteiger partial charge in [-0.25, -0.2) is 0 Å². The summed E-state index contributed by atoms with van der Waals surface area (Å²) < 4.78 is 5.91. The molecule has 2 aliphatic heterocycles. The average molecular weight is 499 g/mol. The van der Waals surface area contributed by atoms with Crippen molar-refractivity contribution in [2.45, 2.75) is 6.54 Å². The molecule has 1 fully saturated rings. The van der Waals surface area contributed by atoms with E-state index < -0.39 is 0 Å². The number of amides is 1. The molecule has 1 saturated heterocycles. The van der Waals surface area contributed by atoms with Crippen molar-refractivity contribution in [3.8, 4) is 11.3 Å². The first-order valence-corrected chi connectivity index (χ1v) is 12.3. The minimum absolute atomic E-state index is 0.229. The molecule has 2 aliphatic rings. The Morgan fingerprint density at radius 1 is 1.06 bits per heavy atom. The maximum absolute atomic E-state index is 12.5. The molecule has 1 amide bonds. The number of carbonyl (C=O) groups excluding carboxylic acids is 1. The maximum atomic E-state index is 12.5. The van der Waals surface area contributed by atoms with E-state index in [0.29, 0.717) is 32.0 Å². The highest BCUT2D eigenvalue weighted by atomic mass is 35.5. The van der Waals surface area contributed by atoms with Gasteiger partial charge in [-0.3, -0.25) is 4.79 Å². The van der Waals surface area contributed by atoms with Gasteiger partial charge in [0.05, 0.1) is 36.1 Å². The predicted octanol–water partition coefficient (Wildman–Crippen LogP) is 4.62. The third-order valence-corrected chi connectivity index (χ3v) is 7.35. The standard InChI is InChI=1S/C25H21Cl2N3O2S/c26-18-6-8-21(27)20(14-18)22-9-7-19(32-22)15-23-24(31)28-25(33-23)30-12-10-29(11-13-30)16-17-4-2-1-3-5-17/h1-9,14-15H,10-13,16H2/p+1/b23-15+. The number of thioether (sulfide) groups is 1. The van der Waals surface area contributed by atoms with Crippen molar-refractivity contribution < 1.29 is 14.1 Å². The van der Waals surface area contributed by atoms with Crippen LogP contribution in [0.15, 0.2) is 75.0 Å². The van der Waals surface area contributed by atoms with Crippen LogP contribution < -0.4 is 4.90 Å². The number of benzene rings is 2. The second-order valence-corrected chi connectivity index (χ2v) is 9.89. The van der Waals surface area contributed by atoms with Gasteiger partial charge in [-0.1, -0.05) is 53.5 Å². The van der Waals surface area contributed by atoms with Crippen LogP contribution in [0.25, 0.3) is 17.4 Å². The van der Waals surface area contributed by atoms with E-state index in [-0.39, 0.29) is 5.91 Å². The minimum Gasteiger partial charge on any atom is -0.457 e. The van der Waals surface area contributed by atoms with Crippen LogP contribution in [-0.2, 0) is 11.3 Å². The van der Waals surface area contributed by atoms with Crippen molar-refractivity contribution in [2.75, 3.05) is 26.2 Å². The molecule has 0 unspecified atom stereocenters. The highest BCUT2D eigenvalue weighted by Gasteiger charge is 2.30. The molecular weight excluding hydrogens is 477 g/mol. The smallest absolute Gasteiger partial charge is 0.286 e. The number of furan rings is 1. The number of nitrogens with zero attached hydrogens (tertiary/aromatic N) is 2. The Labute approximate surface area is 206 Å². The number of hydrogen-bond acceptors (Lipinski definition) is 4. The quantitative estimate of drug-likeness (QED) is 0.533. The number of rotatable bonds is 4. The first-order valence-electron chi connectivity index (χ1n) is 10.8.